The predicted octanol–water partition coefficient (Wildman–Crippen LogP) is 2.51. The second-order valence-electron chi connectivity index (χ2n) is 7.18. The topological polar surface area (TPSA) is 73.4 Å². The molecule has 26 heavy (non-hydrogen) atoms. The lowest BCUT2D eigenvalue weighted by Crippen LogP contribution is -2.27. The number of nitrogens with zero attached hydrogens (tertiary/aromatic N) is 2. The molecule has 144 valence electrons. The van der Waals surface area contributed by atoms with Crippen molar-refractivity contribution in [3.05, 3.63) is 36.0 Å². The molecule has 0 radical (unpaired) electrons. The lowest BCUT2D eigenvalue weighted by molar-refractivity contribution is 0.0981. The van der Waals surface area contributed by atoms with Gasteiger partial charge < -0.3 is 20.1 Å². The summed E-state index contributed by atoms with van der Waals surface area (Å²) in [4.78, 5) is 2.26. The Kier molecular flexibility index (Phi) is 8.09. The Balaban J connectivity index is 2.03. The van der Waals surface area contributed by atoms with E-state index in [2.05, 4.69) is 41.3 Å². The van der Waals surface area contributed by atoms with Crippen LogP contribution in [0.5, 0.6) is 5.75 Å². The Morgan fingerprint density at radius 3 is 2.62 bits per heavy atom. The Hall–Kier alpha value is -1.89. The van der Waals surface area contributed by atoms with Crippen molar-refractivity contribution in [2.24, 2.45) is 5.92 Å². The van der Waals surface area contributed by atoms with E-state index < -0.39 is 0 Å². The molecule has 1 heterocycles. The van der Waals surface area contributed by atoms with Crippen molar-refractivity contribution in [3.63, 3.8) is 0 Å². The van der Waals surface area contributed by atoms with Crippen LogP contribution in [-0.2, 0) is 6.54 Å². The molecule has 1 aromatic heterocycles. The molecular formula is C20H32N4O2. The fraction of sp³-hybridized carbons (Fsp3) is 0.550. The van der Waals surface area contributed by atoms with Gasteiger partial charge in [-0.2, -0.15) is 5.10 Å². The Morgan fingerprint density at radius 2 is 2.00 bits per heavy atom. The van der Waals surface area contributed by atoms with Gasteiger partial charge in [0.2, 0.25) is 0 Å². The molecule has 0 saturated heterocycles. The van der Waals surface area contributed by atoms with Gasteiger partial charge in [0.05, 0.1) is 12.3 Å². The highest BCUT2D eigenvalue weighted by molar-refractivity contribution is 5.63. The maximum atomic E-state index is 9.47. The molecule has 0 spiro atoms. The van der Waals surface area contributed by atoms with Crippen LogP contribution in [0.2, 0.25) is 0 Å². The van der Waals surface area contributed by atoms with Gasteiger partial charge in [-0.3, -0.25) is 5.10 Å². The Morgan fingerprint density at radius 1 is 1.27 bits per heavy atom. The number of H-pyrrole nitrogens is 1. The number of likely N-dealkylation sites (N-methyl/N-ethyl adjacent to an activating group) is 2. The lowest BCUT2D eigenvalue weighted by Gasteiger charge is -2.19. The highest BCUT2D eigenvalue weighted by atomic mass is 16.5. The summed E-state index contributed by atoms with van der Waals surface area (Å²) in [5, 5.41) is 20.0. The minimum Gasteiger partial charge on any atom is -0.488 e. The van der Waals surface area contributed by atoms with E-state index in [0.29, 0.717) is 5.92 Å². The molecule has 0 aliphatic heterocycles. The summed E-state index contributed by atoms with van der Waals surface area (Å²) in [5.41, 5.74) is 3.19. The van der Waals surface area contributed by atoms with E-state index in [9.17, 15) is 5.11 Å². The van der Waals surface area contributed by atoms with E-state index in [0.717, 1.165) is 43.1 Å². The number of rotatable bonds is 11. The Bertz CT molecular complexity index is 640. The first-order valence-corrected chi connectivity index (χ1v) is 9.27. The summed E-state index contributed by atoms with van der Waals surface area (Å²) in [5.74, 6) is 1.26. The summed E-state index contributed by atoms with van der Waals surface area (Å²) < 4.78 is 5.89. The van der Waals surface area contributed by atoms with Crippen LogP contribution < -0.4 is 10.1 Å². The summed E-state index contributed by atoms with van der Waals surface area (Å²) in [6, 6.07) is 7.93. The first kappa shape index (κ1) is 20.4. The molecule has 6 heteroatoms. The van der Waals surface area contributed by atoms with Crippen molar-refractivity contribution >= 4 is 0 Å². The van der Waals surface area contributed by atoms with E-state index in [1.54, 1.807) is 0 Å². The van der Waals surface area contributed by atoms with Gasteiger partial charge in [0, 0.05) is 37.0 Å². The minimum atomic E-state index is -0.164. The molecule has 1 aromatic carbocycles. The zero-order valence-electron chi connectivity index (χ0n) is 16.3. The molecule has 0 fully saturated rings. The van der Waals surface area contributed by atoms with Gasteiger partial charge in [-0.15, -0.1) is 0 Å². The molecule has 0 saturated carbocycles. The van der Waals surface area contributed by atoms with Gasteiger partial charge in [0.15, 0.2) is 0 Å². The predicted molar refractivity (Wildman–Crippen MR) is 105 cm³/mol. The maximum Gasteiger partial charge on any atom is 0.122 e. The number of ether oxygens (including phenoxy) is 1. The van der Waals surface area contributed by atoms with Gasteiger partial charge in [-0.1, -0.05) is 13.8 Å². The summed E-state index contributed by atoms with van der Waals surface area (Å²) in [6.45, 7) is 7.06. The van der Waals surface area contributed by atoms with Crippen LogP contribution in [0.25, 0.3) is 11.3 Å². The van der Waals surface area contributed by atoms with Crippen LogP contribution >= 0.6 is 0 Å². The number of benzene rings is 1. The average Bonchev–Trinajstić information content (AvgIpc) is 3.07. The minimum absolute atomic E-state index is 0.0302. The highest BCUT2D eigenvalue weighted by Gasteiger charge is 2.13. The summed E-state index contributed by atoms with van der Waals surface area (Å²) in [6.07, 6.45) is 2.63. The number of aromatic amines is 1. The Labute approximate surface area is 156 Å². The fourth-order valence-corrected chi connectivity index (χ4v) is 2.93. The SMILES string of the molecule is CNCCN(C)Cc1c[nH]nc1-c1ccc(OC(CO)CC(C)C)cc1. The third-order valence-electron chi connectivity index (χ3n) is 4.27. The third-order valence-corrected chi connectivity index (χ3v) is 4.27. The summed E-state index contributed by atoms with van der Waals surface area (Å²) in [7, 11) is 4.07. The molecule has 1 unspecified atom stereocenters. The number of aliphatic hydroxyl groups is 1. The first-order valence-electron chi connectivity index (χ1n) is 9.27. The molecule has 2 rings (SSSR count). The number of aliphatic hydroxyl groups excluding tert-OH is 1. The van der Waals surface area contributed by atoms with Crippen LogP contribution in [0.1, 0.15) is 25.8 Å². The molecule has 3 N–H and O–H groups in total. The molecule has 0 amide bonds. The van der Waals surface area contributed by atoms with Gasteiger partial charge in [-0.05, 0) is 50.7 Å². The van der Waals surface area contributed by atoms with E-state index >= 15 is 0 Å². The van der Waals surface area contributed by atoms with Crippen LogP contribution in [-0.4, -0.2) is 60.1 Å². The first-order chi connectivity index (χ1) is 12.5. The van der Waals surface area contributed by atoms with Gasteiger partial charge in [0.1, 0.15) is 11.9 Å². The smallest absolute Gasteiger partial charge is 0.122 e. The molecule has 0 aliphatic carbocycles. The van der Waals surface area contributed by atoms with E-state index in [1.807, 2.05) is 37.5 Å². The van der Waals surface area contributed by atoms with Crippen molar-refractivity contribution < 1.29 is 9.84 Å². The molecule has 6 nitrogen and oxygen atoms in total. The monoisotopic (exact) mass is 360 g/mol. The zero-order valence-corrected chi connectivity index (χ0v) is 16.3. The zero-order chi connectivity index (χ0) is 18.9. The van der Waals surface area contributed by atoms with E-state index in [-0.39, 0.29) is 12.7 Å². The van der Waals surface area contributed by atoms with Crippen LogP contribution in [0.15, 0.2) is 30.5 Å². The highest BCUT2D eigenvalue weighted by Crippen LogP contribution is 2.25. The summed E-state index contributed by atoms with van der Waals surface area (Å²) >= 11 is 0. The van der Waals surface area contributed by atoms with Crippen molar-refractivity contribution in [1.29, 1.82) is 0 Å². The second-order valence-corrected chi connectivity index (χ2v) is 7.18. The van der Waals surface area contributed by atoms with Gasteiger partial charge in [0.25, 0.3) is 0 Å². The maximum absolute atomic E-state index is 9.47. The van der Waals surface area contributed by atoms with Gasteiger partial charge >= 0.3 is 0 Å². The van der Waals surface area contributed by atoms with Crippen molar-refractivity contribution in [2.75, 3.05) is 33.8 Å². The number of hydrogen-bond acceptors (Lipinski definition) is 5. The largest absolute Gasteiger partial charge is 0.488 e. The standard InChI is InChI=1S/C20H32N4O2/c1-15(2)11-19(14-25)26-18-7-5-16(6-8-18)20-17(12-22-23-20)13-24(4)10-9-21-3/h5-8,12,15,19,21,25H,9-11,13-14H2,1-4H3,(H,22,23). The van der Waals surface area contributed by atoms with Crippen molar-refractivity contribution in [3.8, 4) is 17.0 Å². The van der Waals surface area contributed by atoms with E-state index in [1.165, 1.54) is 5.56 Å². The molecular weight excluding hydrogens is 328 g/mol. The quantitative estimate of drug-likeness (QED) is 0.574. The van der Waals surface area contributed by atoms with Crippen molar-refractivity contribution in [2.45, 2.75) is 32.9 Å². The number of aromatic nitrogens is 2. The molecule has 2 aromatic rings. The fourth-order valence-electron chi connectivity index (χ4n) is 2.93. The lowest BCUT2D eigenvalue weighted by atomic mass is 10.1. The van der Waals surface area contributed by atoms with Crippen LogP contribution in [0.4, 0.5) is 0 Å². The molecule has 1 atom stereocenters. The molecule has 0 bridgehead atoms. The molecule has 0 aliphatic rings. The van der Waals surface area contributed by atoms with Crippen molar-refractivity contribution in [1.82, 2.24) is 20.4 Å². The number of hydrogen-bond donors (Lipinski definition) is 3. The second kappa shape index (κ2) is 10.3. The average molecular weight is 361 g/mol. The van der Waals surface area contributed by atoms with Gasteiger partial charge in [-0.25, -0.2) is 0 Å². The third kappa shape index (κ3) is 6.12. The normalized spacial score (nSPS) is 12.7. The van der Waals surface area contributed by atoms with Crippen LogP contribution in [0.3, 0.4) is 0 Å². The van der Waals surface area contributed by atoms with Crippen LogP contribution in [0, 0.1) is 5.92 Å². The number of nitrogens with one attached hydrogen (secondary N) is 2. The van der Waals surface area contributed by atoms with E-state index in [4.69, 9.17) is 4.74 Å².